The largest absolute Gasteiger partial charge is 0.473 e. The summed E-state index contributed by atoms with van der Waals surface area (Å²) in [4.78, 5) is 9.06. The van der Waals surface area contributed by atoms with E-state index in [0.717, 1.165) is 10.6 Å². The molecule has 1 saturated heterocycles. The van der Waals surface area contributed by atoms with Gasteiger partial charge in [0.1, 0.15) is 11.0 Å². The van der Waals surface area contributed by atoms with E-state index < -0.39 is 10.0 Å². The van der Waals surface area contributed by atoms with Crippen molar-refractivity contribution in [2.24, 2.45) is 17.0 Å². The summed E-state index contributed by atoms with van der Waals surface area (Å²) in [7, 11) is -0.246. The first-order valence-electron chi connectivity index (χ1n) is 8.55. The van der Waals surface area contributed by atoms with E-state index in [0.29, 0.717) is 37.4 Å². The zero-order valence-corrected chi connectivity index (χ0v) is 17.3. The Morgan fingerprint density at radius 2 is 2.11 bits per heavy atom. The van der Waals surface area contributed by atoms with Gasteiger partial charge in [-0.15, -0.1) is 11.3 Å². The minimum atomic E-state index is -3.56. The molecular formula is C17H23N5O3S2. The third-order valence-corrected chi connectivity index (χ3v) is 7.54. The average molecular weight is 410 g/mol. The van der Waals surface area contributed by atoms with E-state index in [9.17, 15) is 8.42 Å². The molecule has 2 aromatic heterocycles. The Labute approximate surface area is 163 Å². The Balaban J connectivity index is 1.68. The average Bonchev–Trinajstić information content (AvgIpc) is 3.26. The number of ether oxygens (including phenoxy) is 1. The Morgan fingerprint density at radius 1 is 1.41 bits per heavy atom. The van der Waals surface area contributed by atoms with E-state index in [1.54, 1.807) is 27.2 Å². The van der Waals surface area contributed by atoms with Gasteiger partial charge >= 0.3 is 0 Å². The van der Waals surface area contributed by atoms with Gasteiger partial charge in [0.15, 0.2) is 5.03 Å². The topological polar surface area (TPSA) is 89.2 Å². The first kappa shape index (κ1) is 19.7. The molecule has 0 aliphatic carbocycles. The van der Waals surface area contributed by atoms with Crippen molar-refractivity contribution in [2.45, 2.75) is 30.9 Å². The summed E-state index contributed by atoms with van der Waals surface area (Å²) < 4.78 is 34.8. The van der Waals surface area contributed by atoms with Gasteiger partial charge in [-0.3, -0.25) is 14.7 Å². The van der Waals surface area contributed by atoms with Crippen LogP contribution in [-0.2, 0) is 21.8 Å². The van der Waals surface area contributed by atoms with Crippen molar-refractivity contribution in [1.82, 2.24) is 14.1 Å². The molecule has 0 unspecified atom stereocenters. The van der Waals surface area contributed by atoms with E-state index >= 15 is 0 Å². The van der Waals surface area contributed by atoms with Gasteiger partial charge in [0, 0.05) is 32.7 Å². The highest BCUT2D eigenvalue weighted by Gasteiger charge is 2.33. The Bertz CT molecular complexity index is 934. The highest BCUT2D eigenvalue weighted by molar-refractivity contribution is 7.89. The van der Waals surface area contributed by atoms with Gasteiger partial charge < -0.3 is 4.74 Å². The van der Waals surface area contributed by atoms with Crippen LogP contribution in [0.25, 0.3) is 0 Å². The summed E-state index contributed by atoms with van der Waals surface area (Å²) in [5.41, 5.74) is 1.39. The lowest BCUT2D eigenvalue weighted by Gasteiger charge is -2.31. The summed E-state index contributed by atoms with van der Waals surface area (Å²) in [6, 6.07) is 1.87. The zero-order valence-electron chi connectivity index (χ0n) is 15.6. The van der Waals surface area contributed by atoms with Crippen LogP contribution in [0.3, 0.4) is 0 Å². The molecular weight excluding hydrogens is 386 g/mol. The molecule has 2 aromatic rings. The quantitative estimate of drug-likeness (QED) is 0.560. The second-order valence-electron chi connectivity index (χ2n) is 6.30. The van der Waals surface area contributed by atoms with E-state index in [1.807, 2.05) is 11.4 Å². The molecule has 10 heteroatoms. The second-order valence-corrected chi connectivity index (χ2v) is 9.07. The predicted octanol–water partition coefficient (Wildman–Crippen LogP) is 2.37. The van der Waals surface area contributed by atoms with E-state index in [-0.39, 0.29) is 11.1 Å². The predicted molar refractivity (Wildman–Crippen MR) is 107 cm³/mol. The highest BCUT2D eigenvalue weighted by atomic mass is 32.2. The smallest absolute Gasteiger partial charge is 0.260 e. The first-order valence-corrected chi connectivity index (χ1v) is 10.9. The monoisotopic (exact) mass is 409 g/mol. The van der Waals surface area contributed by atoms with Gasteiger partial charge in [0.05, 0.1) is 11.9 Å². The molecule has 0 radical (unpaired) electrons. The van der Waals surface area contributed by atoms with Crippen LogP contribution in [0.1, 0.15) is 23.3 Å². The van der Waals surface area contributed by atoms with Crippen LogP contribution in [0.2, 0.25) is 0 Å². The fourth-order valence-corrected chi connectivity index (χ4v) is 5.78. The Morgan fingerprint density at radius 3 is 2.67 bits per heavy atom. The number of aliphatic imine (C=N–C) groups is 2. The van der Waals surface area contributed by atoms with E-state index in [2.05, 4.69) is 21.8 Å². The fourth-order valence-electron chi connectivity index (χ4n) is 3.17. The molecule has 1 aliphatic heterocycles. The number of thiophene rings is 1. The molecule has 146 valence electrons. The van der Waals surface area contributed by atoms with Crippen molar-refractivity contribution in [1.29, 1.82) is 0 Å². The minimum Gasteiger partial charge on any atom is -0.473 e. The molecule has 0 saturated carbocycles. The zero-order chi connectivity index (χ0) is 19.6. The maximum atomic E-state index is 12.9. The van der Waals surface area contributed by atoms with Crippen molar-refractivity contribution < 1.29 is 13.2 Å². The molecule has 0 aromatic carbocycles. The number of nitrogens with zero attached hydrogens (tertiary/aromatic N) is 5. The molecule has 3 rings (SSSR count). The van der Waals surface area contributed by atoms with E-state index in [1.165, 1.54) is 20.3 Å². The van der Waals surface area contributed by atoms with Gasteiger partial charge in [0.25, 0.3) is 10.0 Å². The number of piperidine rings is 1. The summed E-state index contributed by atoms with van der Waals surface area (Å²) in [6.07, 6.45) is 2.66. The van der Waals surface area contributed by atoms with Crippen LogP contribution in [0.15, 0.2) is 32.7 Å². The molecule has 27 heavy (non-hydrogen) atoms. The van der Waals surface area contributed by atoms with Gasteiger partial charge in [-0.1, -0.05) is 0 Å². The number of sulfonamides is 1. The molecule has 1 aliphatic rings. The summed E-state index contributed by atoms with van der Waals surface area (Å²) in [5, 5.41) is 6.21. The van der Waals surface area contributed by atoms with Gasteiger partial charge in [-0.2, -0.15) is 9.40 Å². The van der Waals surface area contributed by atoms with Gasteiger partial charge in [-0.05, 0) is 37.9 Å². The Hall–Kier alpha value is -2.04. The number of aromatic nitrogens is 2. The van der Waals surface area contributed by atoms with Crippen LogP contribution in [0, 0.1) is 6.92 Å². The number of hydrogen-bond acceptors (Lipinski definition) is 7. The molecule has 8 nitrogen and oxygen atoms in total. The van der Waals surface area contributed by atoms with Crippen LogP contribution in [0.4, 0.5) is 5.69 Å². The third kappa shape index (κ3) is 3.83. The molecule has 0 spiro atoms. The van der Waals surface area contributed by atoms with Crippen molar-refractivity contribution in [3.63, 3.8) is 0 Å². The van der Waals surface area contributed by atoms with Crippen LogP contribution in [0.5, 0.6) is 0 Å². The molecule has 3 heterocycles. The second kappa shape index (κ2) is 7.91. The lowest BCUT2D eigenvalue weighted by molar-refractivity contribution is 0.125. The number of aryl methyl sites for hydroxylation is 2. The molecule has 0 bridgehead atoms. The van der Waals surface area contributed by atoms with E-state index in [4.69, 9.17) is 4.74 Å². The van der Waals surface area contributed by atoms with Crippen LogP contribution < -0.4 is 0 Å². The number of rotatable bonds is 5. The maximum absolute atomic E-state index is 12.9. The van der Waals surface area contributed by atoms with Gasteiger partial charge in [0.2, 0.25) is 5.90 Å². The fraction of sp³-hybridized carbons (Fsp3) is 0.471. The summed E-state index contributed by atoms with van der Waals surface area (Å²) in [5.74, 6) is 0.524. The normalized spacial score (nSPS) is 17.2. The van der Waals surface area contributed by atoms with Crippen molar-refractivity contribution in [2.75, 3.05) is 20.1 Å². The highest BCUT2D eigenvalue weighted by Crippen LogP contribution is 2.28. The molecule has 0 atom stereocenters. The molecule has 0 N–H and O–H groups in total. The Kier molecular flexibility index (Phi) is 5.78. The lowest BCUT2D eigenvalue weighted by Crippen LogP contribution is -2.42. The standard InChI is InChI=1S/C17H23N5O3S2/c1-12-11-20-21(4)17(12)27(23,24)22-8-5-13(6-9-22)25-16(19-3)15-14(18-2)7-10-26-15/h7,10-11,13H,2,5-6,8-9H2,1,3-4H3/b19-16+. The third-order valence-electron chi connectivity index (χ3n) is 4.53. The van der Waals surface area contributed by atoms with Crippen molar-refractivity contribution in [3.8, 4) is 0 Å². The van der Waals surface area contributed by atoms with Gasteiger partial charge in [-0.25, -0.2) is 8.42 Å². The van der Waals surface area contributed by atoms with Crippen LogP contribution in [-0.4, -0.2) is 61.4 Å². The first-order chi connectivity index (χ1) is 12.9. The maximum Gasteiger partial charge on any atom is 0.260 e. The van der Waals surface area contributed by atoms with Crippen molar-refractivity contribution in [3.05, 3.63) is 28.1 Å². The summed E-state index contributed by atoms with van der Waals surface area (Å²) in [6.45, 7) is 6.11. The lowest BCUT2D eigenvalue weighted by atomic mass is 10.1. The SMILES string of the molecule is C=Nc1ccsc1/C(=N\C)OC1CCN(S(=O)(=O)c2c(C)cnn2C)CC1. The molecule has 1 fully saturated rings. The summed E-state index contributed by atoms with van der Waals surface area (Å²) >= 11 is 1.50. The molecule has 0 amide bonds. The van der Waals surface area contributed by atoms with Crippen molar-refractivity contribution >= 4 is 39.7 Å². The minimum absolute atomic E-state index is 0.0949. The van der Waals surface area contributed by atoms with Crippen LogP contribution >= 0.6 is 11.3 Å². The number of hydrogen-bond donors (Lipinski definition) is 0.